The van der Waals surface area contributed by atoms with Gasteiger partial charge in [-0.2, -0.15) is 0 Å². The third-order valence-electron chi connectivity index (χ3n) is 3.93. The number of hydrogen-bond donors (Lipinski definition) is 2. The van der Waals surface area contributed by atoms with Crippen molar-refractivity contribution in [1.29, 1.82) is 0 Å². The van der Waals surface area contributed by atoms with E-state index in [0.717, 1.165) is 12.0 Å². The van der Waals surface area contributed by atoms with Gasteiger partial charge in [0.1, 0.15) is 0 Å². The van der Waals surface area contributed by atoms with E-state index in [1.54, 1.807) is 0 Å². The lowest BCUT2D eigenvalue weighted by Gasteiger charge is -2.19. The van der Waals surface area contributed by atoms with Crippen LogP contribution in [0.2, 0.25) is 0 Å². The average Bonchev–Trinajstić information content (AvgIpc) is 2.54. The molecule has 0 aromatic heterocycles. The Bertz CT molecular complexity index is 610. The lowest BCUT2D eigenvalue weighted by molar-refractivity contribution is -0.125. The van der Waals surface area contributed by atoms with Crippen molar-refractivity contribution in [3.63, 3.8) is 0 Å². The van der Waals surface area contributed by atoms with Crippen LogP contribution in [0.5, 0.6) is 0 Å². The van der Waals surface area contributed by atoms with Crippen molar-refractivity contribution in [1.82, 2.24) is 5.32 Å². The summed E-state index contributed by atoms with van der Waals surface area (Å²) in [5.41, 5.74) is 9.65. The molecule has 2 atom stereocenters. The van der Waals surface area contributed by atoms with Crippen LogP contribution in [-0.2, 0) is 11.2 Å². The third kappa shape index (κ3) is 4.43. The molecule has 0 aliphatic carbocycles. The molecule has 1 amide bonds. The Hall–Kier alpha value is -2.13. The van der Waals surface area contributed by atoms with Crippen LogP contribution in [0.4, 0.5) is 0 Å². The van der Waals surface area contributed by atoms with Crippen molar-refractivity contribution >= 4 is 5.91 Å². The molecule has 2 rings (SSSR count). The van der Waals surface area contributed by atoms with Gasteiger partial charge in [0, 0.05) is 12.6 Å². The van der Waals surface area contributed by atoms with E-state index in [9.17, 15) is 4.79 Å². The fourth-order valence-corrected chi connectivity index (χ4v) is 2.49. The molecule has 0 aliphatic heterocycles. The van der Waals surface area contributed by atoms with Crippen molar-refractivity contribution in [3.8, 4) is 0 Å². The Morgan fingerprint density at radius 1 is 1.14 bits per heavy atom. The SMILES string of the molecule is Cc1cccc(CCNC(=O)C(C)C(N)c2ccccc2)c1. The van der Waals surface area contributed by atoms with Crippen LogP contribution >= 0.6 is 0 Å². The van der Waals surface area contributed by atoms with Crippen LogP contribution in [0, 0.1) is 12.8 Å². The minimum absolute atomic E-state index is 0.00371. The molecule has 2 aromatic carbocycles. The largest absolute Gasteiger partial charge is 0.355 e. The molecule has 22 heavy (non-hydrogen) atoms. The molecule has 0 aliphatic rings. The average molecular weight is 296 g/mol. The Kier molecular flexibility index (Phi) is 5.73. The smallest absolute Gasteiger partial charge is 0.224 e. The highest BCUT2D eigenvalue weighted by atomic mass is 16.1. The minimum Gasteiger partial charge on any atom is -0.355 e. The molecular weight excluding hydrogens is 272 g/mol. The zero-order valence-corrected chi connectivity index (χ0v) is 13.3. The predicted octanol–water partition coefficient (Wildman–Crippen LogP) is 2.99. The number of rotatable bonds is 6. The summed E-state index contributed by atoms with van der Waals surface area (Å²) in [6.45, 7) is 4.58. The quantitative estimate of drug-likeness (QED) is 0.861. The Labute approximate surface area is 132 Å². The summed E-state index contributed by atoms with van der Waals surface area (Å²) in [7, 11) is 0. The van der Waals surface area contributed by atoms with E-state index in [1.807, 2.05) is 43.3 Å². The summed E-state index contributed by atoms with van der Waals surface area (Å²) >= 11 is 0. The molecule has 3 nitrogen and oxygen atoms in total. The van der Waals surface area contributed by atoms with Crippen LogP contribution in [0.15, 0.2) is 54.6 Å². The van der Waals surface area contributed by atoms with Crippen LogP contribution < -0.4 is 11.1 Å². The Morgan fingerprint density at radius 3 is 2.55 bits per heavy atom. The zero-order valence-electron chi connectivity index (χ0n) is 13.3. The van der Waals surface area contributed by atoms with Crippen LogP contribution in [0.25, 0.3) is 0 Å². The van der Waals surface area contributed by atoms with Crippen molar-refractivity contribution in [3.05, 3.63) is 71.3 Å². The minimum atomic E-state index is -0.278. The summed E-state index contributed by atoms with van der Waals surface area (Å²) in [6.07, 6.45) is 0.834. The van der Waals surface area contributed by atoms with Gasteiger partial charge in [-0.3, -0.25) is 4.79 Å². The number of hydrogen-bond acceptors (Lipinski definition) is 2. The maximum Gasteiger partial charge on any atom is 0.224 e. The number of carbonyl (C=O) groups is 1. The first-order valence-corrected chi connectivity index (χ1v) is 7.71. The zero-order chi connectivity index (χ0) is 15.9. The third-order valence-corrected chi connectivity index (χ3v) is 3.93. The topological polar surface area (TPSA) is 55.1 Å². The molecule has 3 N–H and O–H groups in total. The molecule has 3 heteroatoms. The van der Waals surface area contributed by atoms with Gasteiger partial charge in [-0.05, 0) is 24.5 Å². The predicted molar refractivity (Wildman–Crippen MR) is 90.4 cm³/mol. The lowest BCUT2D eigenvalue weighted by Crippen LogP contribution is -2.36. The number of carbonyl (C=O) groups excluding carboxylic acids is 1. The molecule has 0 heterocycles. The van der Waals surface area contributed by atoms with Crippen molar-refractivity contribution in [2.24, 2.45) is 11.7 Å². The van der Waals surface area contributed by atoms with Gasteiger partial charge in [0.2, 0.25) is 5.91 Å². The first-order chi connectivity index (χ1) is 10.6. The first kappa shape index (κ1) is 16.2. The second kappa shape index (κ2) is 7.76. The van der Waals surface area contributed by atoms with Gasteiger partial charge in [0.05, 0.1) is 5.92 Å². The van der Waals surface area contributed by atoms with Crippen LogP contribution in [-0.4, -0.2) is 12.5 Å². The van der Waals surface area contributed by atoms with Crippen molar-refractivity contribution in [2.75, 3.05) is 6.54 Å². The van der Waals surface area contributed by atoms with E-state index in [0.29, 0.717) is 6.54 Å². The maximum absolute atomic E-state index is 12.2. The highest BCUT2D eigenvalue weighted by Crippen LogP contribution is 2.18. The van der Waals surface area contributed by atoms with Gasteiger partial charge < -0.3 is 11.1 Å². The highest BCUT2D eigenvalue weighted by Gasteiger charge is 2.21. The molecule has 0 radical (unpaired) electrons. The fraction of sp³-hybridized carbons (Fsp3) is 0.316. The highest BCUT2D eigenvalue weighted by molar-refractivity contribution is 5.79. The van der Waals surface area contributed by atoms with Crippen LogP contribution in [0.3, 0.4) is 0 Å². The fourth-order valence-electron chi connectivity index (χ4n) is 2.49. The Balaban J connectivity index is 1.84. The van der Waals surface area contributed by atoms with Gasteiger partial charge in [-0.1, -0.05) is 67.1 Å². The van der Waals surface area contributed by atoms with E-state index in [2.05, 4.69) is 30.4 Å². The van der Waals surface area contributed by atoms with Gasteiger partial charge >= 0.3 is 0 Å². The Morgan fingerprint density at radius 2 is 1.86 bits per heavy atom. The number of nitrogens with two attached hydrogens (primary N) is 1. The van der Waals surface area contributed by atoms with Gasteiger partial charge in [-0.25, -0.2) is 0 Å². The van der Waals surface area contributed by atoms with Gasteiger partial charge in [-0.15, -0.1) is 0 Å². The number of nitrogens with one attached hydrogen (secondary N) is 1. The van der Waals surface area contributed by atoms with E-state index in [-0.39, 0.29) is 17.9 Å². The molecule has 0 saturated carbocycles. The maximum atomic E-state index is 12.2. The number of aryl methyl sites for hydroxylation is 1. The summed E-state index contributed by atoms with van der Waals surface area (Å²) in [5, 5.41) is 2.98. The second-order valence-corrected chi connectivity index (χ2v) is 5.76. The van der Waals surface area contributed by atoms with E-state index in [1.165, 1.54) is 11.1 Å². The number of benzene rings is 2. The van der Waals surface area contributed by atoms with Crippen LogP contribution in [0.1, 0.15) is 29.7 Å². The summed E-state index contributed by atoms with van der Waals surface area (Å²) < 4.78 is 0. The molecule has 0 saturated heterocycles. The molecule has 2 unspecified atom stereocenters. The van der Waals surface area contributed by atoms with E-state index in [4.69, 9.17) is 5.73 Å². The number of amides is 1. The van der Waals surface area contributed by atoms with Gasteiger partial charge in [0.25, 0.3) is 0 Å². The molecule has 0 bridgehead atoms. The first-order valence-electron chi connectivity index (χ1n) is 7.71. The normalized spacial score (nSPS) is 13.4. The lowest BCUT2D eigenvalue weighted by atomic mass is 9.94. The molecule has 116 valence electrons. The molecule has 0 fully saturated rings. The summed E-state index contributed by atoms with van der Waals surface area (Å²) in [6, 6.07) is 17.8. The monoisotopic (exact) mass is 296 g/mol. The standard InChI is InChI=1S/C19H24N2O/c1-14-7-6-8-16(13-14)11-12-21-19(22)15(2)18(20)17-9-4-3-5-10-17/h3-10,13,15,18H,11-12,20H2,1-2H3,(H,21,22). The summed E-state index contributed by atoms with van der Waals surface area (Å²) in [4.78, 5) is 12.2. The van der Waals surface area contributed by atoms with E-state index < -0.39 is 0 Å². The molecule has 0 spiro atoms. The molecular formula is C19H24N2O. The van der Waals surface area contributed by atoms with E-state index >= 15 is 0 Å². The molecule has 2 aromatic rings. The second-order valence-electron chi connectivity index (χ2n) is 5.76. The van der Waals surface area contributed by atoms with Crippen molar-refractivity contribution in [2.45, 2.75) is 26.3 Å². The summed E-state index contributed by atoms with van der Waals surface area (Å²) in [5.74, 6) is -0.246. The van der Waals surface area contributed by atoms with Gasteiger partial charge in [0.15, 0.2) is 0 Å². The van der Waals surface area contributed by atoms with Crippen molar-refractivity contribution < 1.29 is 4.79 Å².